The Morgan fingerprint density at radius 3 is 2.53 bits per heavy atom. The maximum atomic E-state index is 12.3. The van der Waals surface area contributed by atoms with Crippen LogP contribution in [0.1, 0.15) is 5.82 Å². The van der Waals surface area contributed by atoms with E-state index in [1.54, 1.807) is 37.5 Å². The molecule has 0 fully saturated rings. The minimum Gasteiger partial charge on any atom is -0.497 e. The SMILES string of the molecule is C=CCn1c(COc2ccc(Br)cc2)nnc1SCC(=O)Nc1ccc(OC)cc1. The topological polar surface area (TPSA) is 78.3 Å². The molecule has 0 bridgehead atoms. The van der Waals surface area contributed by atoms with Gasteiger partial charge in [-0.05, 0) is 48.5 Å². The molecule has 0 saturated carbocycles. The van der Waals surface area contributed by atoms with Crippen LogP contribution in [0.3, 0.4) is 0 Å². The molecule has 3 rings (SSSR count). The van der Waals surface area contributed by atoms with Crippen molar-refractivity contribution in [3.8, 4) is 11.5 Å². The number of aromatic nitrogens is 3. The summed E-state index contributed by atoms with van der Waals surface area (Å²) in [6, 6.07) is 14.7. The molecule has 0 aliphatic rings. The zero-order chi connectivity index (χ0) is 21.3. The van der Waals surface area contributed by atoms with Gasteiger partial charge in [0.15, 0.2) is 11.0 Å². The number of halogens is 1. The molecule has 1 N–H and O–H groups in total. The number of nitrogens with one attached hydrogen (secondary N) is 1. The number of nitrogens with zero attached hydrogens (tertiary/aromatic N) is 3. The quantitative estimate of drug-likeness (QED) is 0.333. The normalized spacial score (nSPS) is 10.5. The van der Waals surface area contributed by atoms with E-state index in [0.717, 1.165) is 16.0 Å². The van der Waals surface area contributed by atoms with Crippen molar-refractivity contribution < 1.29 is 14.3 Å². The van der Waals surface area contributed by atoms with Crippen LogP contribution in [0.25, 0.3) is 0 Å². The number of allylic oxidation sites excluding steroid dienone is 1. The lowest BCUT2D eigenvalue weighted by Crippen LogP contribution is -2.15. The van der Waals surface area contributed by atoms with Gasteiger partial charge in [0.25, 0.3) is 0 Å². The first-order chi connectivity index (χ1) is 14.6. The summed E-state index contributed by atoms with van der Waals surface area (Å²) >= 11 is 4.71. The van der Waals surface area contributed by atoms with E-state index in [9.17, 15) is 4.79 Å². The average molecular weight is 489 g/mol. The Morgan fingerprint density at radius 1 is 1.17 bits per heavy atom. The first-order valence-corrected chi connectivity index (χ1v) is 10.8. The summed E-state index contributed by atoms with van der Waals surface area (Å²) in [4.78, 5) is 12.3. The number of carbonyl (C=O) groups excluding carboxylic acids is 1. The summed E-state index contributed by atoms with van der Waals surface area (Å²) in [6.07, 6.45) is 1.76. The second kappa shape index (κ2) is 10.8. The molecule has 1 aromatic heterocycles. The monoisotopic (exact) mass is 488 g/mol. The van der Waals surface area contributed by atoms with Crippen LogP contribution in [0.5, 0.6) is 11.5 Å². The van der Waals surface area contributed by atoms with Gasteiger partial charge in [-0.3, -0.25) is 9.36 Å². The molecule has 1 amide bonds. The Morgan fingerprint density at radius 2 is 1.87 bits per heavy atom. The van der Waals surface area contributed by atoms with Crippen molar-refractivity contribution in [1.82, 2.24) is 14.8 Å². The van der Waals surface area contributed by atoms with Gasteiger partial charge in [0.2, 0.25) is 5.91 Å². The Hall–Kier alpha value is -2.78. The number of ether oxygens (including phenoxy) is 2. The number of carbonyl (C=O) groups is 1. The molecule has 7 nitrogen and oxygen atoms in total. The Kier molecular flexibility index (Phi) is 7.92. The van der Waals surface area contributed by atoms with Crippen LogP contribution in [0.2, 0.25) is 0 Å². The van der Waals surface area contributed by atoms with Gasteiger partial charge in [0.1, 0.15) is 18.1 Å². The maximum Gasteiger partial charge on any atom is 0.234 e. The predicted molar refractivity (Wildman–Crippen MR) is 121 cm³/mol. The molecule has 0 saturated heterocycles. The van der Waals surface area contributed by atoms with Crippen molar-refractivity contribution in [2.75, 3.05) is 18.2 Å². The first-order valence-electron chi connectivity index (χ1n) is 9.07. The van der Waals surface area contributed by atoms with Gasteiger partial charge in [-0.1, -0.05) is 33.8 Å². The molecule has 0 radical (unpaired) electrons. The summed E-state index contributed by atoms with van der Waals surface area (Å²) in [6.45, 7) is 4.58. The van der Waals surface area contributed by atoms with Gasteiger partial charge in [0.05, 0.1) is 12.9 Å². The number of anilines is 1. The molecular weight excluding hydrogens is 468 g/mol. The summed E-state index contributed by atoms with van der Waals surface area (Å²) in [5.74, 6) is 2.20. The second-order valence-corrected chi connectivity index (χ2v) is 7.96. The smallest absolute Gasteiger partial charge is 0.234 e. The molecule has 0 spiro atoms. The minimum atomic E-state index is -0.133. The molecule has 2 aromatic carbocycles. The number of hydrogen-bond acceptors (Lipinski definition) is 6. The van der Waals surface area contributed by atoms with Gasteiger partial charge in [0, 0.05) is 16.7 Å². The summed E-state index contributed by atoms with van der Waals surface area (Å²) in [5, 5.41) is 11.9. The average Bonchev–Trinajstić information content (AvgIpc) is 3.14. The van der Waals surface area contributed by atoms with Crippen molar-refractivity contribution in [3.05, 3.63) is 71.5 Å². The van der Waals surface area contributed by atoms with E-state index in [-0.39, 0.29) is 18.3 Å². The van der Waals surface area contributed by atoms with E-state index < -0.39 is 0 Å². The molecule has 0 atom stereocenters. The zero-order valence-corrected chi connectivity index (χ0v) is 18.8. The first kappa shape index (κ1) is 21.9. The van der Waals surface area contributed by atoms with E-state index in [2.05, 4.69) is 38.0 Å². The molecule has 156 valence electrons. The van der Waals surface area contributed by atoms with E-state index in [4.69, 9.17) is 9.47 Å². The Bertz CT molecular complexity index is 990. The standard InChI is InChI=1S/C21H21BrN4O3S/c1-3-12-26-19(13-29-18-8-4-15(22)5-9-18)24-25-21(26)30-14-20(27)23-16-6-10-17(28-2)11-7-16/h3-11H,1,12-14H2,2H3,(H,23,27). The third-order valence-electron chi connectivity index (χ3n) is 3.99. The van der Waals surface area contributed by atoms with Crippen molar-refractivity contribution in [1.29, 1.82) is 0 Å². The number of thioether (sulfide) groups is 1. The van der Waals surface area contributed by atoms with Crippen LogP contribution < -0.4 is 14.8 Å². The molecule has 0 aliphatic heterocycles. The fourth-order valence-corrected chi connectivity index (χ4v) is 3.56. The van der Waals surface area contributed by atoms with E-state index in [1.165, 1.54) is 11.8 Å². The third kappa shape index (κ3) is 6.11. The van der Waals surface area contributed by atoms with Crippen LogP contribution >= 0.6 is 27.7 Å². The van der Waals surface area contributed by atoms with Crippen LogP contribution in [0.4, 0.5) is 5.69 Å². The van der Waals surface area contributed by atoms with Crippen LogP contribution in [-0.4, -0.2) is 33.5 Å². The number of methoxy groups -OCH3 is 1. The highest BCUT2D eigenvalue weighted by atomic mass is 79.9. The molecular formula is C21H21BrN4O3S. The summed E-state index contributed by atoms with van der Waals surface area (Å²) in [7, 11) is 1.60. The maximum absolute atomic E-state index is 12.3. The molecule has 9 heteroatoms. The van der Waals surface area contributed by atoms with Crippen LogP contribution in [0.15, 0.2) is 70.8 Å². The lowest BCUT2D eigenvalue weighted by Gasteiger charge is -2.09. The van der Waals surface area contributed by atoms with Gasteiger partial charge in [-0.2, -0.15) is 0 Å². The molecule has 1 heterocycles. The lowest BCUT2D eigenvalue weighted by atomic mass is 10.3. The highest BCUT2D eigenvalue weighted by Gasteiger charge is 2.14. The Labute approximate surface area is 187 Å². The third-order valence-corrected chi connectivity index (χ3v) is 5.49. The summed E-state index contributed by atoms with van der Waals surface area (Å²) < 4.78 is 13.8. The van der Waals surface area contributed by atoms with Gasteiger partial charge in [-0.25, -0.2) is 0 Å². The van der Waals surface area contributed by atoms with Crippen molar-refractivity contribution in [3.63, 3.8) is 0 Å². The van der Waals surface area contributed by atoms with Gasteiger partial charge in [-0.15, -0.1) is 16.8 Å². The van der Waals surface area contributed by atoms with Gasteiger partial charge < -0.3 is 14.8 Å². The predicted octanol–water partition coefficient (Wildman–Crippen LogP) is 4.55. The van der Waals surface area contributed by atoms with Crippen LogP contribution in [0, 0.1) is 0 Å². The minimum absolute atomic E-state index is 0.133. The summed E-state index contributed by atoms with van der Waals surface area (Å²) in [5.41, 5.74) is 0.706. The fourth-order valence-electron chi connectivity index (χ4n) is 2.53. The molecule has 0 unspecified atom stereocenters. The van der Waals surface area contributed by atoms with Crippen molar-refractivity contribution in [2.45, 2.75) is 18.3 Å². The zero-order valence-electron chi connectivity index (χ0n) is 16.4. The molecule has 3 aromatic rings. The van der Waals surface area contributed by atoms with E-state index >= 15 is 0 Å². The van der Waals surface area contributed by atoms with Crippen molar-refractivity contribution in [2.24, 2.45) is 0 Å². The lowest BCUT2D eigenvalue weighted by molar-refractivity contribution is -0.113. The molecule has 0 aliphatic carbocycles. The van der Waals surface area contributed by atoms with Gasteiger partial charge >= 0.3 is 0 Å². The number of benzene rings is 2. The molecule has 30 heavy (non-hydrogen) atoms. The fraction of sp³-hybridized carbons (Fsp3) is 0.190. The second-order valence-electron chi connectivity index (χ2n) is 6.11. The number of rotatable bonds is 10. The van der Waals surface area contributed by atoms with E-state index in [1.807, 2.05) is 28.8 Å². The largest absolute Gasteiger partial charge is 0.497 e. The highest BCUT2D eigenvalue weighted by molar-refractivity contribution is 9.10. The Balaban J connectivity index is 1.58. The van der Waals surface area contributed by atoms with Crippen molar-refractivity contribution >= 4 is 39.3 Å². The highest BCUT2D eigenvalue weighted by Crippen LogP contribution is 2.21. The van der Waals surface area contributed by atoms with Crippen LogP contribution in [-0.2, 0) is 17.9 Å². The number of amides is 1. The van der Waals surface area contributed by atoms with E-state index in [0.29, 0.717) is 23.2 Å². The number of hydrogen-bond donors (Lipinski definition) is 1.